The number of carbonyl (C=O) groups excluding carboxylic acids is 1. The summed E-state index contributed by atoms with van der Waals surface area (Å²) in [5.74, 6) is -0.371. The fourth-order valence-electron chi connectivity index (χ4n) is 2.55. The molecular formula is C21H18O5S. The number of hydrogen-bond donors (Lipinski definition) is 0. The number of benzene rings is 3. The molecule has 3 rings (SSSR count). The average Bonchev–Trinajstić information content (AvgIpc) is 2.69. The molecule has 0 aromatic heterocycles. The smallest absolute Gasteiger partial charge is 0.339 e. The van der Waals surface area contributed by atoms with Gasteiger partial charge >= 0.3 is 16.1 Å². The van der Waals surface area contributed by atoms with Crippen LogP contribution in [0.1, 0.15) is 17.3 Å². The lowest BCUT2D eigenvalue weighted by Gasteiger charge is -2.12. The zero-order chi connectivity index (χ0) is 19.3. The largest absolute Gasteiger partial charge is 0.462 e. The van der Waals surface area contributed by atoms with Crippen LogP contribution >= 0.6 is 0 Å². The molecule has 0 heterocycles. The first-order chi connectivity index (χ1) is 13.0. The molecule has 0 bridgehead atoms. The average molecular weight is 382 g/mol. The molecule has 0 fully saturated rings. The lowest BCUT2D eigenvalue weighted by atomic mass is 10.1. The molecule has 27 heavy (non-hydrogen) atoms. The number of ether oxygens (including phenoxy) is 1. The Morgan fingerprint density at radius 3 is 2.33 bits per heavy atom. The van der Waals surface area contributed by atoms with Crippen molar-refractivity contribution in [2.75, 3.05) is 6.61 Å². The van der Waals surface area contributed by atoms with Crippen LogP contribution in [0.4, 0.5) is 0 Å². The van der Waals surface area contributed by atoms with Crippen LogP contribution in [-0.4, -0.2) is 21.0 Å². The summed E-state index contributed by atoms with van der Waals surface area (Å²) in [6.45, 7) is 1.89. The summed E-state index contributed by atoms with van der Waals surface area (Å²) in [6, 6.07) is 21.8. The summed E-state index contributed by atoms with van der Waals surface area (Å²) in [7, 11) is -4.12. The summed E-state index contributed by atoms with van der Waals surface area (Å²) in [5, 5.41) is 0. The molecule has 0 saturated carbocycles. The van der Waals surface area contributed by atoms with Gasteiger partial charge in [-0.3, -0.25) is 0 Å². The van der Waals surface area contributed by atoms with E-state index in [1.165, 1.54) is 24.3 Å². The topological polar surface area (TPSA) is 69.7 Å². The van der Waals surface area contributed by atoms with Crippen LogP contribution in [0.3, 0.4) is 0 Å². The van der Waals surface area contributed by atoms with E-state index in [-0.39, 0.29) is 22.8 Å². The van der Waals surface area contributed by atoms with E-state index >= 15 is 0 Å². The number of carbonyl (C=O) groups is 1. The Morgan fingerprint density at radius 1 is 0.889 bits per heavy atom. The van der Waals surface area contributed by atoms with Gasteiger partial charge in [0.25, 0.3) is 0 Å². The Bertz CT molecular complexity index is 1040. The monoisotopic (exact) mass is 382 g/mol. The zero-order valence-corrected chi connectivity index (χ0v) is 15.5. The van der Waals surface area contributed by atoms with Gasteiger partial charge in [0.2, 0.25) is 0 Å². The first-order valence-electron chi connectivity index (χ1n) is 8.37. The van der Waals surface area contributed by atoms with E-state index in [2.05, 4.69) is 0 Å². The van der Waals surface area contributed by atoms with Crippen LogP contribution in [0.2, 0.25) is 0 Å². The molecule has 0 radical (unpaired) electrons. The SMILES string of the molecule is CCOC(=O)c1cccc(S(=O)(=O)Oc2ccccc2-c2ccccc2)c1. The van der Waals surface area contributed by atoms with E-state index < -0.39 is 16.1 Å². The molecule has 0 aliphatic carbocycles. The van der Waals surface area contributed by atoms with Gasteiger partial charge in [0.15, 0.2) is 5.75 Å². The van der Waals surface area contributed by atoms with Crippen LogP contribution in [0.25, 0.3) is 11.1 Å². The highest BCUT2D eigenvalue weighted by molar-refractivity contribution is 7.87. The maximum absolute atomic E-state index is 12.7. The Morgan fingerprint density at radius 2 is 1.59 bits per heavy atom. The van der Waals surface area contributed by atoms with E-state index in [0.29, 0.717) is 5.56 Å². The first kappa shape index (κ1) is 18.7. The fourth-order valence-corrected chi connectivity index (χ4v) is 3.55. The number of para-hydroxylation sites is 1. The second kappa shape index (κ2) is 8.05. The van der Waals surface area contributed by atoms with Crippen molar-refractivity contribution in [1.29, 1.82) is 0 Å². The van der Waals surface area contributed by atoms with Crippen molar-refractivity contribution in [2.24, 2.45) is 0 Å². The zero-order valence-electron chi connectivity index (χ0n) is 14.7. The van der Waals surface area contributed by atoms with Crippen LogP contribution in [0, 0.1) is 0 Å². The highest BCUT2D eigenvalue weighted by Gasteiger charge is 2.20. The molecule has 0 N–H and O–H groups in total. The molecule has 0 saturated heterocycles. The van der Waals surface area contributed by atoms with Gasteiger partial charge in [0.05, 0.1) is 12.2 Å². The summed E-state index contributed by atoms with van der Waals surface area (Å²) >= 11 is 0. The summed E-state index contributed by atoms with van der Waals surface area (Å²) in [6.07, 6.45) is 0. The number of esters is 1. The number of rotatable bonds is 6. The highest BCUT2D eigenvalue weighted by atomic mass is 32.2. The van der Waals surface area contributed by atoms with Crippen LogP contribution in [-0.2, 0) is 14.9 Å². The second-order valence-electron chi connectivity index (χ2n) is 5.65. The van der Waals surface area contributed by atoms with E-state index in [1.54, 1.807) is 25.1 Å². The predicted molar refractivity (Wildman–Crippen MR) is 102 cm³/mol. The van der Waals surface area contributed by atoms with Gasteiger partial charge in [-0.1, -0.05) is 54.6 Å². The molecule has 0 amide bonds. The van der Waals surface area contributed by atoms with Gasteiger partial charge in [-0.2, -0.15) is 8.42 Å². The van der Waals surface area contributed by atoms with E-state index in [0.717, 1.165) is 5.56 Å². The second-order valence-corrected chi connectivity index (χ2v) is 7.19. The lowest BCUT2D eigenvalue weighted by Crippen LogP contribution is -2.12. The van der Waals surface area contributed by atoms with Gasteiger partial charge in [-0.05, 0) is 36.8 Å². The molecule has 0 aliphatic rings. The summed E-state index contributed by atoms with van der Waals surface area (Å²) < 4.78 is 35.8. The van der Waals surface area contributed by atoms with Crippen LogP contribution < -0.4 is 4.18 Å². The van der Waals surface area contributed by atoms with Gasteiger partial charge < -0.3 is 8.92 Å². The van der Waals surface area contributed by atoms with Crippen molar-refractivity contribution in [1.82, 2.24) is 0 Å². The van der Waals surface area contributed by atoms with E-state index in [1.807, 2.05) is 36.4 Å². The molecule has 0 unspecified atom stereocenters. The van der Waals surface area contributed by atoms with Crippen molar-refractivity contribution in [3.63, 3.8) is 0 Å². The quantitative estimate of drug-likeness (QED) is 0.470. The van der Waals surface area contributed by atoms with Gasteiger partial charge in [0.1, 0.15) is 4.90 Å². The molecule has 3 aromatic rings. The van der Waals surface area contributed by atoms with Crippen molar-refractivity contribution >= 4 is 16.1 Å². The molecule has 138 valence electrons. The van der Waals surface area contributed by atoms with Crippen LogP contribution in [0.15, 0.2) is 83.8 Å². The first-order valence-corrected chi connectivity index (χ1v) is 9.78. The van der Waals surface area contributed by atoms with Crippen molar-refractivity contribution in [3.05, 3.63) is 84.4 Å². The standard InChI is InChI=1S/C21H18O5S/c1-2-25-21(22)17-11-8-12-18(15-17)27(23,24)26-20-14-7-6-13-19(20)16-9-4-3-5-10-16/h3-15H,2H2,1H3. The van der Waals surface area contributed by atoms with Crippen molar-refractivity contribution in [2.45, 2.75) is 11.8 Å². The molecule has 0 atom stereocenters. The third-order valence-corrected chi connectivity index (χ3v) is 5.04. The van der Waals surface area contributed by atoms with E-state index in [9.17, 15) is 13.2 Å². The van der Waals surface area contributed by atoms with E-state index in [4.69, 9.17) is 8.92 Å². The maximum Gasteiger partial charge on any atom is 0.339 e. The minimum Gasteiger partial charge on any atom is -0.462 e. The van der Waals surface area contributed by atoms with Crippen molar-refractivity contribution < 1.29 is 22.1 Å². The third-order valence-electron chi connectivity index (χ3n) is 3.81. The molecule has 6 heteroatoms. The van der Waals surface area contributed by atoms with Crippen LogP contribution in [0.5, 0.6) is 5.75 Å². The van der Waals surface area contributed by atoms with Gasteiger partial charge in [0, 0.05) is 5.56 Å². The normalized spacial score (nSPS) is 11.0. The van der Waals surface area contributed by atoms with Gasteiger partial charge in [-0.25, -0.2) is 4.79 Å². The minimum absolute atomic E-state index is 0.115. The van der Waals surface area contributed by atoms with Gasteiger partial charge in [-0.15, -0.1) is 0 Å². The number of hydrogen-bond acceptors (Lipinski definition) is 5. The Hall–Kier alpha value is -3.12. The van der Waals surface area contributed by atoms with Crippen molar-refractivity contribution in [3.8, 4) is 16.9 Å². The molecule has 0 spiro atoms. The Balaban J connectivity index is 1.95. The maximum atomic E-state index is 12.7. The lowest BCUT2D eigenvalue weighted by molar-refractivity contribution is 0.0526. The minimum atomic E-state index is -4.12. The Kier molecular flexibility index (Phi) is 5.57. The third kappa shape index (κ3) is 4.35. The molecular weight excluding hydrogens is 364 g/mol. The predicted octanol–water partition coefficient (Wildman–Crippen LogP) is 4.30. The Labute approximate surface area is 158 Å². The summed E-state index contributed by atoms with van der Waals surface area (Å²) in [4.78, 5) is 11.7. The molecule has 5 nitrogen and oxygen atoms in total. The summed E-state index contributed by atoms with van der Waals surface area (Å²) in [5.41, 5.74) is 1.64. The fraction of sp³-hybridized carbons (Fsp3) is 0.0952. The highest BCUT2D eigenvalue weighted by Crippen LogP contribution is 2.31. The molecule has 3 aromatic carbocycles. The molecule has 0 aliphatic heterocycles.